The fourth-order valence-electron chi connectivity index (χ4n) is 2.27. The van der Waals surface area contributed by atoms with E-state index < -0.39 is 0 Å². The molecule has 1 aliphatic carbocycles. The van der Waals surface area contributed by atoms with E-state index >= 15 is 0 Å². The molecule has 1 aromatic heterocycles. The quantitative estimate of drug-likeness (QED) is 0.842. The summed E-state index contributed by atoms with van der Waals surface area (Å²) < 4.78 is 0. The molecule has 2 N–H and O–H groups in total. The fraction of sp³-hybridized carbons (Fsp3) is 0.615. The lowest BCUT2D eigenvalue weighted by Gasteiger charge is -2.10. The Hall–Kier alpha value is -0.870. The van der Waals surface area contributed by atoms with Gasteiger partial charge in [-0.1, -0.05) is 6.07 Å². The number of nitrogens with one attached hydrogen (secondary N) is 1. The van der Waals surface area contributed by atoms with Gasteiger partial charge in [0.05, 0.1) is 6.10 Å². The van der Waals surface area contributed by atoms with Gasteiger partial charge in [-0.15, -0.1) is 11.3 Å². The monoisotopic (exact) mass is 253 g/mol. The molecule has 0 aliphatic heterocycles. The van der Waals surface area contributed by atoms with E-state index in [1.165, 1.54) is 4.88 Å². The predicted octanol–water partition coefficient (Wildman–Crippen LogP) is 1.96. The number of amides is 1. The van der Waals surface area contributed by atoms with Crippen LogP contribution in [0.3, 0.4) is 0 Å². The standard InChI is InChI=1S/C13H19NO2S/c15-11-4-3-10(8-11)9-14-13(16)6-5-12-2-1-7-17-12/h1-2,7,10-11,15H,3-6,8-9H2,(H,14,16). The molecule has 1 saturated carbocycles. The molecule has 1 aromatic rings. The van der Waals surface area contributed by atoms with Crippen molar-refractivity contribution in [1.82, 2.24) is 5.32 Å². The molecular weight excluding hydrogens is 234 g/mol. The maximum absolute atomic E-state index is 11.6. The van der Waals surface area contributed by atoms with Gasteiger partial charge in [0.1, 0.15) is 0 Å². The lowest BCUT2D eigenvalue weighted by Crippen LogP contribution is -2.28. The van der Waals surface area contributed by atoms with Crippen molar-refractivity contribution in [1.29, 1.82) is 0 Å². The summed E-state index contributed by atoms with van der Waals surface area (Å²) in [5.41, 5.74) is 0. The summed E-state index contributed by atoms with van der Waals surface area (Å²) in [7, 11) is 0. The van der Waals surface area contributed by atoms with Crippen LogP contribution in [0.4, 0.5) is 0 Å². The van der Waals surface area contributed by atoms with Gasteiger partial charge in [0.15, 0.2) is 0 Å². The predicted molar refractivity (Wildman–Crippen MR) is 69.0 cm³/mol. The van der Waals surface area contributed by atoms with Gasteiger partial charge in [0.25, 0.3) is 0 Å². The number of aryl methyl sites for hydroxylation is 1. The Labute approximate surface area is 106 Å². The molecule has 0 bridgehead atoms. The number of hydrogen-bond acceptors (Lipinski definition) is 3. The van der Waals surface area contributed by atoms with E-state index in [1.807, 2.05) is 11.4 Å². The zero-order chi connectivity index (χ0) is 12.1. The van der Waals surface area contributed by atoms with Crippen LogP contribution in [0.2, 0.25) is 0 Å². The molecule has 2 unspecified atom stereocenters. The van der Waals surface area contributed by atoms with Crippen molar-refractivity contribution in [2.45, 2.75) is 38.2 Å². The molecular formula is C13H19NO2S. The molecule has 2 atom stereocenters. The van der Waals surface area contributed by atoms with Crippen molar-refractivity contribution in [2.24, 2.45) is 5.92 Å². The molecule has 0 spiro atoms. The van der Waals surface area contributed by atoms with Gasteiger partial charge in [0, 0.05) is 17.8 Å². The highest BCUT2D eigenvalue weighted by Crippen LogP contribution is 2.24. The first kappa shape index (κ1) is 12.6. The minimum atomic E-state index is -0.150. The van der Waals surface area contributed by atoms with Crippen LogP contribution in [-0.4, -0.2) is 23.7 Å². The van der Waals surface area contributed by atoms with Crippen LogP contribution in [0.1, 0.15) is 30.6 Å². The van der Waals surface area contributed by atoms with Crippen LogP contribution in [0, 0.1) is 5.92 Å². The maximum atomic E-state index is 11.6. The second-order valence-electron chi connectivity index (χ2n) is 4.72. The molecule has 0 aromatic carbocycles. The summed E-state index contributed by atoms with van der Waals surface area (Å²) in [6.07, 6.45) is 4.00. The number of carbonyl (C=O) groups excluding carboxylic acids is 1. The minimum Gasteiger partial charge on any atom is -0.393 e. The number of carbonyl (C=O) groups is 1. The van der Waals surface area contributed by atoms with E-state index in [2.05, 4.69) is 11.4 Å². The van der Waals surface area contributed by atoms with E-state index in [0.29, 0.717) is 12.3 Å². The number of aliphatic hydroxyl groups is 1. The lowest BCUT2D eigenvalue weighted by molar-refractivity contribution is -0.121. The topological polar surface area (TPSA) is 49.3 Å². The third-order valence-electron chi connectivity index (χ3n) is 3.28. The first-order valence-corrected chi connectivity index (χ1v) is 7.09. The molecule has 1 fully saturated rings. The molecule has 94 valence electrons. The maximum Gasteiger partial charge on any atom is 0.220 e. The summed E-state index contributed by atoms with van der Waals surface area (Å²) >= 11 is 1.70. The van der Waals surface area contributed by atoms with Crippen LogP contribution in [0.5, 0.6) is 0 Å². The SMILES string of the molecule is O=C(CCc1cccs1)NCC1CCC(O)C1. The van der Waals surface area contributed by atoms with Gasteiger partial charge in [-0.25, -0.2) is 0 Å². The normalized spacial score (nSPS) is 23.8. The Balaban J connectivity index is 1.61. The van der Waals surface area contributed by atoms with Crippen molar-refractivity contribution >= 4 is 17.2 Å². The minimum absolute atomic E-state index is 0.125. The second kappa shape index (κ2) is 6.17. The first-order chi connectivity index (χ1) is 8.24. The Morgan fingerprint density at radius 3 is 3.06 bits per heavy atom. The van der Waals surface area contributed by atoms with E-state index in [9.17, 15) is 9.90 Å². The Kier molecular flexibility index (Phi) is 4.57. The van der Waals surface area contributed by atoms with E-state index in [1.54, 1.807) is 11.3 Å². The van der Waals surface area contributed by atoms with Gasteiger partial charge in [-0.3, -0.25) is 4.79 Å². The number of rotatable bonds is 5. The van der Waals surface area contributed by atoms with Gasteiger partial charge < -0.3 is 10.4 Å². The van der Waals surface area contributed by atoms with E-state index in [4.69, 9.17) is 0 Å². The van der Waals surface area contributed by atoms with Gasteiger partial charge in [0.2, 0.25) is 5.91 Å². The number of thiophene rings is 1. The molecule has 2 rings (SSSR count). The zero-order valence-corrected chi connectivity index (χ0v) is 10.7. The third kappa shape index (κ3) is 4.13. The first-order valence-electron chi connectivity index (χ1n) is 6.21. The van der Waals surface area contributed by atoms with Crippen LogP contribution >= 0.6 is 11.3 Å². The summed E-state index contributed by atoms with van der Waals surface area (Å²) in [5.74, 6) is 0.593. The lowest BCUT2D eigenvalue weighted by atomic mass is 10.1. The summed E-state index contributed by atoms with van der Waals surface area (Å²) in [6.45, 7) is 0.723. The highest BCUT2D eigenvalue weighted by atomic mass is 32.1. The smallest absolute Gasteiger partial charge is 0.220 e. The summed E-state index contributed by atoms with van der Waals surface area (Å²) in [6, 6.07) is 4.07. The van der Waals surface area contributed by atoms with E-state index in [0.717, 1.165) is 32.2 Å². The number of hydrogen-bond donors (Lipinski definition) is 2. The molecule has 17 heavy (non-hydrogen) atoms. The van der Waals surface area contributed by atoms with Crippen molar-refractivity contribution in [2.75, 3.05) is 6.54 Å². The van der Waals surface area contributed by atoms with Crippen molar-refractivity contribution in [3.63, 3.8) is 0 Å². The van der Waals surface area contributed by atoms with Gasteiger partial charge in [-0.2, -0.15) is 0 Å². The van der Waals surface area contributed by atoms with Crippen LogP contribution in [-0.2, 0) is 11.2 Å². The highest BCUT2D eigenvalue weighted by Gasteiger charge is 2.22. The molecule has 1 aliphatic rings. The molecule has 1 amide bonds. The van der Waals surface area contributed by atoms with Gasteiger partial charge in [-0.05, 0) is 43.0 Å². The van der Waals surface area contributed by atoms with E-state index in [-0.39, 0.29) is 12.0 Å². The van der Waals surface area contributed by atoms with Crippen LogP contribution in [0.15, 0.2) is 17.5 Å². The molecule has 1 heterocycles. The van der Waals surface area contributed by atoms with Crippen molar-refractivity contribution in [3.8, 4) is 0 Å². The highest BCUT2D eigenvalue weighted by molar-refractivity contribution is 7.09. The second-order valence-corrected chi connectivity index (χ2v) is 5.75. The summed E-state index contributed by atoms with van der Waals surface area (Å²) in [5, 5.41) is 14.4. The van der Waals surface area contributed by atoms with Crippen LogP contribution in [0.25, 0.3) is 0 Å². The largest absolute Gasteiger partial charge is 0.393 e. The Bertz CT molecular complexity index is 350. The van der Waals surface area contributed by atoms with Crippen molar-refractivity contribution < 1.29 is 9.90 Å². The fourth-order valence-corrected chi connectivity index (χ4v) is 2.98. The van der Waals surface area contributed by atoms with Crippen LogP contribution < -0.4 is 5.32 Å². The average molecular weight is 253 g/mol. The van der Waals surface area contributed by atoms with Crippen molar-refractivity contribution in [3.05, 3.63) is 22.4 Å². The third-order valence-corrected chi connectivity index (χ3v) is 4.22. The Morgan fingerprint density at radius 2 is 2.41 bits per heavy atom. The molecule has 0 saturated heterocycles. The molecule has 4 heteroatoms. The average Bonchev–Trinajstić information content (AvgIpc) is 2.95. The molecule has 3 nitrogen and oxygen atoms in total. The Morgan fingerprint density at radius 1 is 1.53 bits per heavy atom. The summed E-state index contributed by atoms with van der Waals surface area (Å²) in [4.78, 5) is 12.9. The molecule has 0 radical (unpaired) electrons. The van der Waals surface area contributed by atoms with Gasteiger partial charge >= 0.3 is 0 Å². The number of aliphatic hydroxyl groups excluding tert-OH is 1. The zero-order valence-electron chi connectivity index (χ0n) is 9.89.